The minimum absolute atomic E-state index is 0.0481. The second-order valence-corrected chi connectivity index (χ2v) is 6.53. The van der Waals surface area contributed by atoms with Crippen molar-refractivity contribution < 1.29 is 23.5 Å². The van der Waals surface area contributed by atoms with Gasteiger partial charge >= 0.3 is 5.97 Å². The van der Waals surface area contributed by atoms with Gasteiger partial charge in [-0.2, -0.15) is 0 Å². The molecule has 6 heteroatoms. The predicted molar refractivity (Wildman–Crippen MR) is 101 cm³/mol. The van der Waals surface area contributed by atoms with Gasteiger partial charge in [-0.05, 0) is 43.0 Å². The third kappa shape index (κ3) is 5.54. The topological polar surface area (TPSA) is 64.6 Å². The Labute approximate surface area is 158 Å². The largest absolute Gasteiger partial charge is 0.479 e. The molecule has 1 amide bonds. The summed E-state index contributed by atoms with van der Waals surface area (Å²) in [6.45, 7) is 6.96. The van der Waals surface area contributed by atoms with Crippen LogP contribution in [-0.2, 0) is 14.3 Å². The molecule has 0 unspecified atom stereocenters. The van der Waals surface area contributed by atoms with Crippen LogP contribution in [0.1, 0.15) is 37.8 Å². The van der Waals surface area contributed by atoms with Crippen molar-refractivity contribution in [2.24, 2.45) is 0 Å². The van der Waals surface area contributed by atoms with E-state index in [9.17, 15) is 14.0 Å². The third-order valence-electron chi connectivity index (χ3n) is 4.03. The van der Waals surface area contributed by atoms with Crippen molar-refractivity contribution >= 4 is 17.6 Å². The summed E-state index contributed by atoms with van der Waals surface area (Å²) in [4.78, 5) is 24.3. The number of aryl methyl sites for hydroxylation is 1. The number of carbonyl (C=O) groups excluding carboxylic acids is 2. The SMILES string of the molecule is Cc1cccc(C(C)C)c1NC(=O)[C@H](C)OC(=O)COc1ccccc1F. The Bertz CT molecular complexity index is 820. The summed E-state index contributed by atoms with van der Waals surface area (Å²) in [6.07, 6.45) is -1.01. The molecule has 0 bridgehead atoms. The zero-order valence-corrected chi connectivity index (χ0v) is 15.9. The van der Waals surface area contributed by atoms with Crippen LogP contribution in [-0.4, -0.2) is 24.6 Å². The van der Waals surface area contributed by atoms with Crippen molar-refractivity contribution in [3.05, 3.63) is 59.4 Å². The molecule has 27 heavy (non-hydrogen) atoms. The second-order valence-electron chi connectivity index (χ2n) is 6.53. The second kappa shape index (κ2) is 9.16. The standard InChI is InChI=1S/C21H24FNO4/c1-13(2)16-9-7-8-14(3)20(16)23-21(25)15(4)27-19(24)12-26-18-11-6-5-10-17(18)22/h5-11,13,15H,12H2,1-4H3,(H,23,25)/t15-/m0/s1. The number of anilines is 1. The smallest absolute Gasteiger partial charge is 0.344 e. The lowest BCUT2D eigenvalue weighted by Crippen LogP contribution is -2.32. The number of benzene rings is 2. The maximum Gasteiger partial charge on any atom is 0.344 e. The molecular weight excluding hydrogens is 349 g/mol. The lowest BCUT2D eigenvalue weighted by atomic mass is 9.98. The fourth-order valence-corrected chi connectivity index (χ4v) is 2.55. The average molecular weight is 373 g/mol. The van der Waals surface area contributed by atoms with Crippen LogP contribution in [0.25, 0.3) is 0 Å². The molecule has 2 rings (SSSR count). The molecule has 0 saturated carbocycles. The van der Waals surface area contributed by atoms with Gasteiger partial charge in [0, 0.05) is 5.69 Å². The van der Waals surface area contributed by atoms with Crippen molar-refractivity contribution in [1.82, 2.24) is 0 Å². The summed E-state index contributed by atoms with van der Waals surface area (Å²) in [6, 6.07) is 11.5. The summed E-state index contributed by atoms with van der Waals surface area (Å²) in [7, 11) is 0. The number of ether oxygens (including phenoxy) is 2. The minimum Gasteiger partial charge on any atom is -0.479 e. The molecule has 0 radical (unpaired) electrons. The Kier molecular flexibility index (Phi) is 6.93. The molecule has 1 N–H and O–H groups in total. The van der Waals surface area contributed by atoms with E-state index in [2.05, 4.69) is 5.32 Å². The van der Waals surface area contributed by atoms with Gasteiger partial charge in [-0.1, -0.05) is 44.2 Å². The van der Waals surface area contributed by atoms with E-state index in [1.54, 1.807) is 6.07 Å². The van der Waals surface area contributed by atoms with Crippen LogP contribution in [0.2, 0.25) is 0 Å². The number of carbonyl (C=O) groups is 2. The maximum absolute atomic E-state index is 13.5. The first-order valence-electron chi connectivity index (χ1n) is 8.76. The van der Waals surface area contributed by atoms with Gasteiger partial charge in [-0.15, -0.1) is 0 Å². The zero-order chi connectivity index (χ0) is 20.0. The normalized spacial score (nSPS) is 11.8. The van der Waals surface area contributed by atoms with Crippen LogP contribution in [0.4, 0.5) is 10.1 Å². The molecule has 0 aromatic heterocycles. The molecule has 0 aliphatic heterocycles. The maximum atomic E-state index is 13.5. The number of rotatable bonds is 7. The highest BCUT2D eigenvalue weighted by Crippen LogP contribution is 2.27. The van der Waals surface area contributed by atoms with E-state index in [0.29, 0.717) is 0 Å². The molecule has 144 valence electrons. The zero-order valence-electron chi connectivity index (χ0n) is 15.9. The number of hydrogen-bond donors (Lipinski definition) is 1. The summed E-state index contributed by atoms with van der Waals surface area (Å²) < 4.78 is 23.6. The van der Waals surface area contributed by atoms with Gasteiger partial charge in [0.2, 0.25) is 0 Å². The van der Waals surface area contributed by atoms with E-state index >= 15 is 0 Å². The molecule has 0 spiro atoms. The first-order valence-corrected chi connectivity index (χ1v) is 8.76. The van der Waals surface area contributed by atoms with Crippen LogP contribution in [0, 0.1) is 12.7 Å². The van der Waals surface area contributed by atoms with Crippen molar-refractivity contribution in [2.45, 2.75) is 39.7 Å². The van der Waals surface area contributed by atoms with Gasteiger partial charge < -0.3 is 14.8 Å². The fraction of sp³-hybridized carbons (Fsp3) is 0.333. The van der Waals surface area contributed by atoms with Crippen LogP contribution in [0.5, 0.6) is 5.75 Å². The number of amides is 1. The van der Waals surface area contributed by atoms with Gasteiger partial charge in [0.25, 0.3) is 5.91 Å². The van der Waals surface area contributed by atoms with Gasteiger partial charge in [0.1, 0.15) is 0 Å². The highest BCUT2D eigenvalue weighted by Gasteiger charge is 2.21. The lowest BCUT2D eigenvalue weighted by Gasteiger charge is -2.19. The van der Waals surface area contributed by atoms with Crippen molar-refractivity contribution in [3.63, 3.8) is 0 Å². The van der Waals surface area contributed by atoms with Gasteiger partial charge in [-0.3, -0.25) is 4.79 Å². The Hall–Kier alpha value is -2.89. The van der Waals surface area contributed by atoms with E-state index in [-0.39, 0.29) is 11.7 Å². The van der Waals surface area contributed by atoms with Crippen molar-refractivity contribution in [3.8, 4) is 5.75 Å². The number of halogens is 1. The third-order valence-corrected chi connectivity index (χ3v) is 4.03. The molecular formula is C21H24FNO4. The Morgan fingerprint density at radius 3 is 2.44 bits per heavy atom. The van der Waals surface area contributed by atoms with Gasteiger partial charge in [0.15, 0.2) is 24.3 Å². The molecule has 0 fully saturated rings. The Morgan fingerprint density at radius 2 is 1.78 bits per heavy atom. The van der Waals surface area contributed by atoms with Crippen LogP contribution in [0.15, 0.2) is 42.5 Å². The number of esters is 1. The lowest BCUT2D eigenvalue weighted by molar-refractivity contribution is -0.155. The van der Waals surface area contributed by atoms with E-state index in [0.717, 1.165) is 16.8 Å². The molecule has 0 saturated heterocycles. The fourth-order valence-electron chi connectivity index (χ4n) is 2.55. The van der Waals surface area contributed by atoms with Crippen molar-refractivity contribution in [2.75, 3.05) is 11.9 Å². The van der Waals surface area contributed by atoms with Crippen LogP contribution >= 0.6 is 0 Å². The summed E-state index contributed by atoms with van der Waals surface area (Å²) in [5, 5.41) is 2.83. The first kappa shape index (κ1) is 20.4. The molecule has 2 aromatic rings. The molecule has 0 heterocycles. The molecule has 0 aliphatic carbocycles. The molecule has 2 aromatic carbocycles. The summed E-state index contributed by atoms with van der Waals surface area (Å²) in [5.74, 6) is -1.59. The summed E-state index contributed by atoms with van der Waals surface area (Å²) >= 11 is 0. The van der Waals surface area contributed by atoms with E-state index in [1.807, 2.05) is 39.0 Å². The van der Waals surface area contributed by atoms with Crippen molar-refractivity contribution in [1.29, 1.82) is 0 Å². The number of hydrogen-bond acceptors (Lipinski definition) is 4. The average Bonchev–Trinajstić information content (AvgIpc) is 2.62. The quantitative estimate of drug-likeness (QED) is 0.739. The van der Waals surface area contributed by atoms with Crippen LogP contribution in [0.3, 0.4) is 0 Å². The van der Waals surface area contributed by atoms with E-state index in [1.165, 1.54) is 25.1 Å². The molecule has 5 nitrogen and oxygen atoms in total. The van der Waals surface area contributed by atoms with Gasteiger partial charge in [0.05, 0.1) is 0 Å². The monoisotopic (exact) mass is 373 g/mol. The highest BCUT2D eigenvalue weighted by atomic mass is 19.1. The minimum atomic E-state index is -1.01. The first-order chi connectivity index (χ1) is 12.8. The molecule has 0 aliphatic rings. The van der Waals surface area contributed by atoms with Crippen LogP contribution < -0.4 is 10.1 Å². The Morgan fingerprint density at radius 1 is 1.07 bits per heavy atom. The van der Waals surface area contributed by atoms with Gasteiger partial charge in [-0.25, -0.2) is 9.18 Å². The van der Waals surface area contributed by atoms with E-state index < -0.39 is 30.4 Å². The summed E-state index contributed by atoms with van der Waals surface area (Å²) in [5.41, 5.74) is 2.66. The van der Waals surface area contributed by atoms with E-state index in [4.69, 9.17) is 9.47 Å². The Balaban J connectivity index is 1.94. The number of nitrogens with one attached hydrogen (secondary N) is 1. The molecule has 1 atom stereocenters. The highest BCUT2D eigenvalue weighted by molar-refractivity contribution is 5.96. The predicted octanol–water partition coefficient (Wildman–Crippen LogP) is 4.21. The number of para-hydroxylation sites is 2.